The van der Waals surface area contributed by atoms with Crippen LogP contribution in [0.5, 0.6) is 0 Å². The van der Waals surface area contributed by atoms with E-state index in [1.165, 1.54) is 52.1 Å². The van der Waals surface area contributed by atoms with Gasteiger partial charge in [0.05, 0.1) is 26.7 Å². The normalized spacial score (nSPS) is 47.4. The maximum Gasteiger partial charge on any atom is 0.362 e. The first-order valence-electron chi connectivity index (χ1n) is 16.5. The van der Waals surface area contributed by atoms with Crippen molar-refractivity contribution in [3.05, 3.63) is 0 Å². The molecule has 0 N–H and O–H groups in total. The molecule has 0 aromatic heterocycles. The smallest absolute Gasteiger partial charge is 0.362 e. The van der Waals surface area contributed by atoms with Gasteiger partial charge in [0.15, 0.2) is 6.54 Å². The van der Waals surface area contributed by atoms with E-state index in [2.05, 4.69) is 25.7 Å². The van der Waals surface area contributed by atoms with E-state index in [1.807, 2.05) is 0 Å². The van der Waals surface area contributed by atoms with E-state index in [0.29, 0.717) is 35.6 Å². The minimum atomic E-state index is -0.0594. The van der Waals surface area contributed by atoms with Crippen molar-refractivity contribution in [2.75, 3.05) is 52.9 Å². The van der Waals surface area contributed by atoms with Gasteiger partial charge in [-0.2, -0.15) is 0 Å². The van der Waals surface area contributed by atoms with Crippen LogP contribution in [-0.4, -0.2) is 80.3 Å². The first kappa shape index (κ1) is 28.0. The van der Waals surface area contributed by atoms with Crippen LogP contribution in [0, 0.1) is 46.3 Å². The molecule has 7 rings (SSSR count). The van der Waals surface area contributed by atoms with E-state index in [4.69, 9.17) is 9.47 Å². The topological polar surface area (TPSA) is 55.8 Å². The molecule has 7 fully saturated rings. The number of carbonyl (C=O) groups is 2. The van der Waals surface area contributed by atoms with E-state index in [9.17, 15) is 9.59 Å². The molecular weight excluding hydrogens is 488 g/mol. The van der Waals surface area contributed by atoms with Crippen molar-refractivity contribution in [1.29, 1.82) is 0 Å². The molecule has 0 unspecified atom stereocenters. The summed E-state index contributed by atoms with van der Waals surface area (Å²) in [6.45, 7) is 15.0. The lowest BCUT2D eigenvalue weighted by Crippen LogP contribution is -2.68. The molecule has 0 spiro atoms. The number of fused-ring (bicyclic) bond motifs is 8. The van der Waals surface area contributed by atoms with Crippen molar-refractivity contribution in [2.24, 2.45) is 46.3 Å². The summed E-state index contributed by atoms with van der Waals surface area (Å²) in [6.07, 6.45) is 13.2. The fourth-order valence-electron chi connectivity index (χ4n) is 11.4. The molecular formula is C33H55N2O4+. The van der Waals surface area contributed by atoms with E-state index in [0.717, 1.165) is 86.7 Å². The Kier molecular flexibility index (Phi) is 7.61. The van der Waals surface area contributed by atoms with Gasteiger partial charge in [-0.3, -0.25) is 9.69 Å². The van der Waals surface area contributed by atoms with Crippen LogP contribution in [-0.2, 0) is 19.1 Å². The molecule has 0 aromatic carbocycles. The summed E-state index contributed by atoms with van der Waals surface area (Å²) in [5.41, 5.74) is 0.840. The van der Waals surface area contributed by atoms with E-state index < -0.39 is 0 Å². The molecule has 6 heteroatoms. The molecule has 0 aromatic rings. The van der Waals surface area contributed by atoms with Crippen LogP contribution in [0.4, 0.5) is 0 Å². The van der Waals surface area contributed by atoms with Crippen molar-refractivity contribution < 1.29 is 23.5 Å². The van der Waals surface area contributed by atoms with Gasteiger partial charge in [-0.15, -0.1) is 0 Å². The minimum Gasteiger partial charge on any atom is -0.469 e. The predicted octanol–water partition coefficient (Wildman–Crippen LogP) is 5.29. The summed E-state index contributed by atoms with van der Waals surface area (Å²) >= 11 is 0. The summed E-state index contributed by atoms with van der Waals surface area (Å²) in [5.74, 6) is 4.57. The van der Waals surface area contributed by atoms with Crippen molar-refractivity contribution in [2.45, 2.75) is 97.5 Å². The molecule has 6 nitrogen and oxygen atoms in total. The largest absolute Gasteiger partial charge is 0.469 e. The lowest BCUT2D eigenvalue weighted by molar-refractivity contribution is -0.934. The van der Waals surface area contributed by atoms with Gasteiger partial charge in [0, 0.05) is 26.1 Å². The van der Waals surface area contributed by atoms with Crippen LogP contribution in [0.2, 0.25) is 0 Å². The quantitative estimate of drug-likeness (QED) is 0.323. The molecule has 2 bridgehead atoms. The molecule has 0 amide bonds. The molecule has 39 heavy (non-hydrogen) atoms. The Labute approximate surface area is 237 Å². The SMILES string of the molecule is COC(=O)CC[C@@H](C)[C@H]1CC[C@H]2[C@@H]3CC[C@@H]4C[C@H](OC(=O)C[N+]56CCN(CC5)CC6)CC[C@]4(C)[C@H]3CC[C@]12C. The number of quaternary nitrogens is 1. The number of esters is 2. The summed E-state index contributed by atoms with van der Waals surface area (Å²) in [6, 6.07) is 0. The zero-order valence-corrected chi connectivity index (χ0v) is 25.3. The second-order valence-electron chi connectivity index (χ2n) is 15.4. The Balaban J connectivity index is 1.06. The summed E-state index contributed by atoms with van der Waals surface area (Å²) in [7, 11) is 1.51. The van der Waals surface area contributed by atoms with Crippen molar-refractivity contribution in [3.8, 4) is 0 Å². The second kappa shape index (κ2) is 10.6. The Morgan fingerprint density at radius 2 is 1.59 bits per heavy atom. The van der Waals surface area contributed by atoms with Crippen LogP contribution < -0.4 is 0 Å². The van der Waals surface area contributed by atoms with Crippen LogP contribution >= 0.6 is 0 Å². The average molecular weight is 544 g/mol. The molecule has 9 atom stereocenters. The van der Waals surface area contributed by atoms with Crippen molar-refractivity contribution >= 4 is 11.9 Å². The molecule has 3 saturated heterocycles. The third-order valence-electron chi connectivity index (χ3n) is 13.8. The number of ether oxygens (including phenoxy) is 2. The zero-order valence-electron chi connectivity index (χ0n) is 25.3. The Hall–Kier alpha value is -1.14. The fraction of sp³-hybridized carbons (Fsp3) is 0.939. The Morgan fingerprint density at radius 1 is 0.897 bits per heavy atom. The Morgan fingerprint density at radius 3 is 2.31 bits per heavy atom. The maximum atomic E-state index is 13.1. The van der Waals surface area contributed by atoms with Crippen LogP contribution in [0.15, 0.2) is 0 Å². The number of carbonyl (C=O) groups excluding carboxylic acids is 2. The third kappa shape index (κ3) is 4.98. The van der Waals surface area contributed by atoms with Crippen LogP contribution in [0.1, 0.15) is 91.4 Å². The monoisotopic (exact) mass is 543 g/mol. The van der Waals surface area contributed by atoms with Gasteiger partial charge in [0.2, 0.25) is 0 Å². The van der Waals surface area contributed by atoms with Gasteiger partial charge >= 0.3 is 11.9 Å². The number of piperazine rings is 3. The number of nitrogens with zero attached hydrogens (tertiary/aromatic N) is 2. The lowest BCUT2D eigenvalue weighted by atomic mass is 9.44. The molecule has 3 heterocycles. The first-order valence-corrected chi connectivity index (χ1v) is 16.5. The lowest BCUT2D eigenvalue weighted by Gasteiger charge is -2.61. The Bertz CT molecular complexity index is 917. The van der Waals surface area contributed by atoms with Crippen molar-refractivity contribution in [3.63, 3.8) is 0 Å². The first-order chi connectivity index (χ1) is 18.7. The van der Waals surface area contributed by atoms with Crippen LogP contribution in [0.3, 0.4) is 0 Å². The standard InChI is InChI=1S/C33H55N2O4/c1-23(5-10-30(36)38-4)27-8-9-28-26-7-6-24-21-25(11-13-32(24,2)29(26)12-14-33(27,28)3)39-31(37)22-35-18-15-34(16-19-35)17-20-35/h23-29H,5-22H2,1-4H3/q+1/t23-,24-,25-,26+,27-,28+,29+,32+,33-/m1/s1. The zero-order chi connectivity index (χ0) is 27.4. The van der Waals surface area contributed by atoms with Gasteiger partial charge in [-0.05, 0) is 111 Å². The van der Waals surface area contributed by atoms with Gasteiger partial charge in [0.1, 0.15) is 6.10 Å². The number of methoxy groups -OCH3 is 1. The van der Waals surface area contributed by atoms with Gasteiger partial charge in [0.25, 0.3) is 0 Å². The second-order valence-corrected chi connectivity index (χ2v) is 15.4. The fourth-order valence-corrected chi connectivity index (χ4v) is 11.4. The van der Waals surface area contributed by atoms with Gasteiger partial charge < -0.3 is 14.0 Å². The highest BCUT2D eigenvalue weighted by atomic mass is 16.5. The molecule has 4 aliphatic carbocycles. The molecule has 4 saturated carbocycles. The molecule has 220 valence electrons. The molecule has 7 aliphatic rings. The van der Waals surface area contributed by atoms with E-state index >= 15 is 0 Å². The highest BCUT2D eigenvalue weighted by molar-refractivity contribution is 5.71. The highest BCUT2D eigenvalue weighted by Gasteiger charge is 2.60. The number of rotatable bonds is 7. The van der Waals surface area contributed by atoms with Gasteiger partial charge in [-0.1, -0.05) is 20.8 Å². The minimum absolute atomic E-state index is 0.0594. The highest BCUT2D eigenvalue weighted by Crippen LogP contribution is 2.68. The van der Waals surface area contributed by atoms with Gasteiger partial charge in [-0.25, -0.2) is 4.79 Å². The molecule has 0 radical (unpaired) electrons. The average Bonchev–Trinajstić information content (AvgIpc) is 3.29. The number of hydrogen-bond donors (Lipinski definition) is 0. The van der Waals surface area contributed by atoms with Crippen LogP contribution in [0.25, 0.3) is 0 Å². The summed E-state index contributed by atoms with van der Waals surface area (Å²) in [4.78, 5) is 27.4. The summed E-state index contributed by atoms with van der Waals surface area (Å²) in [5, 5.41) is 0. The predicted molar refractivity (Wildman–Crippen MR) is 152 cm³/mol. The maximum absolute atomic E-state index is 13.1. The summed E-state index contributed by atoms with van der Waals surface area (Å²) < 4.78 is 12.1. The third-order valence-corrected chi connectivity index (χ3v) is 13.8. The van der Waals surface area contributed by atoms with E-state index in [1.54, 1.807) is 0 Å². The number of hydrogen-bond acceptors (Lipinski definition) is 5. The van der Waals surface area contributed by atoms with E-state index in [-0.39, 0.29) is 18.0 Å². The van der Waals surface area contributed by atoms with Crippen molar-refractivity contribution in [1.82, 2.24) is 4.90 Å². The molecule has 3 aliphatic heterocycles.